The van der Waals surface area contributed by atoms with Crippen LogP contribution in [0.1, 0.15) is 19.3 Å². The van der Waals surface area contributed by atoms with E-state index >= 15 is 0 Å². The van der Waals surface area contributed by atoms with Crippen LogP contribution in [0.4, 0.5) is 15.8 Å². The molecule has 2 aromatic carbocycles. The lowest BCUT2D eigenvalue weighted by molar-refractivity contribution is 0.222. The number of hydrogen-bond acceptors (Lipinski definition) is 3. The molecule has 1 unspecified atom stereocenters. The summed E-state index contributed by atoms with van der Waals surface area (Å²) in [4.78, 5) is 7.36. The van der Waals surface area contributed by atoms with Gasteiger partial charge in [0, 0.05) is 51.5 Å². The molecule has 3 nitrogen and oxygen atoms in total. The van der Waals surface area contributed by atoms with Gasteiger partial charge in [-0.1, -0.05) is 30.3 Å². The number of benzene rings is 2. The zero-order valence-electron chi connectivity index (χ0n) is 16.6. The van der Waals surface area contributed by atoms with Gasteiger partial charge in [-0.15, -0.1) is 0 Å². The minimum atomic E-state index is -0.0951. The van der Waals surface area contributed by atoms with E-state index < -0.39 is 0 Å². The number of hydrogen-bond donors (Lipinski definition) is 0. The fraction of sp³-hybridized carbons (Fsp3) is 0.500. The molecule has 2 saturated heterocycles. The molecule has 4 heteroatoms. The Labute approximate surface area is 167 Å². The number of para-hydroxylation sites is 2. The lowest BCUT2D eigenvalue weighted by Gasteiger charge is -2.38. The van der Waals surface area contributed by atoms with E-state index in [1.165, 1.54) is 44.6 Å². The van der Waals surface area contributed by atoms with Gasteiger partial charge in [-0.3, -0.25) is 4.90 Å². The van der Waals surface area contributed by atoms with Crippen molar-refractivity contribution in [3.05, 3.63) is 60.4 Å². The molecular formula is C24H30FN3. The molecular weight excluding hydrogens is 349 g/mol. The van der Waals surface area contributed by atoms with Gasteiger partial charge in [0.25, 0.3) is 0 Å². The summed E-state index contributed by atoms with van der Waals surface area (Å²) >= 11 is 0. The van der Waals surface area contributed by atoms with E-state index in [1.807, 2.05) is 12.1 Å². The SMILES string of the molecule is Fc1ccccc1N1CCN(CC2CC23CCN(c2ccccc2)CC3)CC1. The Morgan fingerprint density at radius 1 is 0.786 bits per heavy atom. The van der Waals surface area contributed by atoms with Crippen LogP contribution in [0.2, 0.25) is 0 Å². The van der Waals surface area contributed by atoms with Gasteiger partial charge < -0.3 is 9.80 Å². The van der Waals surface area contributed by atoms with Crippen LogP contribution in [0.3, 0.4) is 0 Å². The van der Waals surface area contributed by atoms with Crippen LogP contribution in [0, 0.1) is 17.2 Å². The van der Waals surface area contributed by atoms with Crippen molar-refractivity contribution >= 4 is 11.4 Å². The molecule has 3 fully saturated rings. The summed E-state index contributed by atoms with van der Waals surface area (Å²) in [7, 11) is 0. The molecule has 0 N–H and O–H groups in total. The van der Waals surface area contributed by atoms with Crippen molar-refractivity contribution in [3.63, 3.8) is 0 Å². The first-order valence-corrected chi connectivity index (χ1v) is 10.8. The minimum absolute atomic E-state index is 0.0951. The Morgan fingerprint density at radius 3 is 2.18 bits per heavy atom. The van der Waals surface area contributed by atoms with Gasteiger partial charge >= 0.3 is 0 Å². The number of rotatable bonds is 4. The van der Waals surface area contributed by atoms with Crippen LogP contribution in [-0.2, 0) is 0 Å². The maximum Gasteiger partial charge on any atom is 0.146 e. The highest BCUT2D eigenvalue weighted by molar-refractivity contribution is 5.48. The van der Waals surface area contributed by atoms with Crippen LogP contribution in [0.25, 0.3) is 0 Å². The monoisotopic (exact) mass is 379 g/mol. The third kappa shape index (κ3) is 3.50. The first-order chi connectivity index (χ1) is 13.7. The molecule has 1 atom stereocenters. The highest BCUT2D eigenvalue weighted by Crippen LogP contribution is 2.59. The Kier molecular flexibility index (Phi) is 4.75. The Morgan fingerprint density at radius 2 is 1.46 bits per heavy atom. The number of piperazine rings is 1. The van der Waals surface area contributed by atoms with Crippen LogP contribution >= 0.6 is 0 Å². The van der Waals surface area contributed by atoms with Gasteiger partial charge in [0.1, 0.15) is 5.82 Å². The Hall–Kier alpha value is -2.07. The molecule has 0 radical (unpaired) electrons. The van der Waals surface area contributed by atoms with E-state index in [-0.39, 0.29) is 5.82 Å². The minimum Gasteiger partial charge on any atom is -0.371 e. The second-order valence-corrected chi connectivity index (χ2v) is 8.83. The molecule has 148 valence electrons. The normalized spacial score (nSPS) is 24.5. The fourth-order valence-electron chi connectivity index (χ4n) is 5.34. The molecule has 0 amide bonds. The zero-order valence-corrected chi connectivity index (χ0v) is 16.6. The Bertz CT molecular complexity index is 793. The molecule has 0 aromatic heterocycles. The van der Waals surface area contributed by atoms with E-state index in [4.69, 9.17) is 0 Å². The molecule has 1 spiro atoms. The third-order valence-corrected chi connectivity index (χ3v) is 7.28. The molecule has 1 aliphatic carbocycles. The average molecular weight is 380 g/mol. The maximum atomic E-state index is 14.0. The summed E-state index contributed by atoms with van der Waals surface area (Å²) in [5.41, 5.74) is 2.74. The number of halogens is 1. The van der Waals surface area contributed by atoms with Crippen molar-refractivity contribution in [2.24, 2.45) is 11.3 Å². The van der Waals surface area contributed by atoms with Crippen molar-refractivity contribution in [1.82, 2.24) is 4.90 Å². The van der Waals surface area contributed by atoms with Crippen molar-refractivity contribution in [3.8, 4) is 0 Å². The van der Waals surface area contributed by atoms with E-state index in [2.05, 4.69) is 45.0 Å². The molecule has 2 heterocycles. The second-order valence-electron chi connectivity index (χ2n) is 8.83. The first kappa shape index (κ1) is 18.0. The highest BCUT2D eigenvalue weighted by atomic mass is 19.1. The van der Waals surface area contributed by atoms with E-state index in [0.29, 0.717) is 5.41 Å². The van der Waals surface area contributed by atoms with Crippen LogP contribution in [0.15, 0.2) is 54.6 Å². The van der Waals surface area contributed by atoms with Crippen molar-refractivity contribution in [2.75, 3.05) is 55.6 Å². The zero-order chi connectivity index (χ0) is 19.0. The summed E-state index contributed by atoms with van der Waals surface area (Å²) in [6, 6.07) is 18.0. The van der Waals surface area contributed by atoms with Gasteiger partial charge in [-0.25, -0.2) is 4.39 Å². The number of anilines is 2. The van der Waals surface area contributed by atoms with Crippen LogP contribution in [-0.4, -0.2) is 50.7 Å². The summed E-state index contributed by atoms with van der Waals surface area (Å²) < 4.78 is 14.0. The molecule has 28 heavy (non-hydrogen) atoms. The number of piperidine rings is 1. The highest BCUT2D eigenvalue weighted by Gasteiger charge is 2.54. The van der Waals surface area contributed by atoms with Gasteiger partial charge in [0.2, 0.25) is 0 Å². The third-order valence-electron chi connectivity index (χ3n) is 7.28. The molecule has 2 aromatic rings. The maximum absolute atomic E-state index is 14.0. The molecule has 3 aliphatic rings. The van der Waals surface area contributed by atoms with Gasteiger partial charge in [-0.2, -0.15) is 0 Å². The number of nitrogens with zero attached hydrogens (tertiary/aromatic N) is 3. The fourth-order valence-corrected chi connectivity index (χ4v) is 5.34. The molecule has 5 rings (SSSR count). The van der Waals surface area contributed by atoms with E-state index in [1.54, 1.807) is 12.1 Å². The van der Waals surface area contributed by atoms with Crippen molar-refractivity contribution in [1.29, 1.82) is 0 Å². The van der Waals surface area contributed by atoms with Gasteiger partial charge in [0.15, 0.2) is 0 Å². The quantitative estimate of drug-likeness (QED) is 0.786. The summed E-state index contributed by atoms with van der Waals surface area (Å²) in [6.45, 7) is 7.60. The van der Waals surface area contributed by atoms with Gasteiger partial charge in [-0.05, 0) is 54.9 Å². The molecule has 1 saturated carbocycles. The lowest BCUT2D eigenvalue weighted by Crippen LogP contribution is -2.47. The summed E-state index contributed by atoms with van der Waals surface area (Å²) in [5.74, 6) is 0.771. The predicted octanol–water partition coefficient (Wildman–Crippen LogP) is 4.25. The average Bonchev–Trinajstić information content (AvgIpc) is 3.41. The van der Waals surface area contributed by atoms with E-state index in [0.717, 1.165) is 37.8 Å². The Balaban J connectivity index is 1.10. The molecule has 2 aliphatic heterocycles. The topological polar surface area (TPSA) is 9.72 Å². The standard InChI is InChI=1S/C24H30FN3/c25-22-8-4-5-9-23(22)28-16-14-26(15-17-28)19-20-18-24(20)10-12-27(13-11-24)21-6-2-1-3-7-21/h1-9,20H,10-19H2. The van der Waals surface area contributed by atoms with Crippen molar-refractivity contribution in [2.45, 2.75) is 19.3 Å². The predicted molar refractivity (Wildman–Crippen MR) is 113 cm³/mol. The smallest absolute Gasteiger partial charge is 0.146 e. The second kappa shape index (κ2) is 7.40. The van der Waals surface area contributed by atoms with Crippen molar-refractivity contribution < 1.29 is 4.39 Å². The summed E-state index contributed by atoms with van der Waals surface area (Å²) in [5, 5.41) is 0. The van der Waals surface area contributed by atoms with Crippen LogP contribution in [0.5, 0.6) is 0 Å². The molecule has 0 bridgehead atoms. The van der Waals surface area contributed by atoms with Gasteiger partial charge in [0.05, 0.1) is 5.69 Å². The lowest BCUT2D eigenvalue weighted by atomic mass is 9.90. The first-order valence-electron chi connectivity index (χ1n) is 10.8. The van der Waals surface area contributed by atoms with Crippen LogP contribution < -0.4 is 9.80 Å². The summed E-state index contributed by atoms with van der Waals surface area (Å²) in [6.07, 6.45) is 4.08. The van der Waals surface area contributed by atoms with E-state index in [9.17, 15) is 4.39 Å². The largest absolute Gasteiger partial charge is 0.371 e.